The SMILES string of the molecule is Ic1ccccc1C([NH+]1CCOCC1)[NH+]1CCOCC1. The van der Waals surface area contributed by atoms with Crippen molar-refractivity contribution in [3.8, 4) is 0 Å². The molecule has 2 fully saturated rings. The zero-order chi connectivity index (χ0) is 13.8. The molecule has 0 saturated carbocycles. The van der Waals surface area contributed by atoms with Crippen LogP contribution in [-0.2, 0) is 9.47 Å². The van der Waals surface area contributed by atoms with Crippen molar-refractivity contribution in [3.63, 3.8) is 0 Å². The number of ether oxygens (including phenoxy) is 2. The van der Waals surface area contributed by atoms with E-state index < -0.39 is 0 Å². The van der Waals surface area contributed by atoms with Gasteiger partial charge in [0.25, 0.3) is 0 Å². The smallest absolute Gasteiger partial charge is 0.241 e. The molecular formula is C15H23IN2O2+2. The molecule has 4 nitrogen and oxygen atoms in total. The van der Waals surface area contributed by atoms with Gasteiger partial charge < -0.3 is 9.47 Å². The first-order chi connectivity index (χ1) is 9.86. The Hall–Kier alpha value is -0.210. The Bertz CT molecular complexity index is 414. The number of hydrogen-bond acceptors (Lipinski definition) is 2. The molecule has 2 aliphatic heterocycles. The second kappa shape index (κ2) is 7.17. The van der Waals surface area contributed by atoms with Crippen molar-refractivity contribution in [3.05, 3.63) is 33.4 Å². The van der Waals surface area contributed by atoms with Gasteiger partial charge in [0, 0.05) is 3.57 Å². The lowest BCUT2D eigenvalue weighted by Gasteiger charge is -2.37. The highest BCUT2D eigenvalue weighted by molar-refractivity contribution is 14.1. The zero-order valence-corrected chi connectivity index (χ0v) is 13.9. The predicted molar refractivity (Wildman–Crippen MR) is 84.9 cm³/mol. The largest absolute Gasteiger partial charge is 0.370 e. The van der Waals surface area contributed by atoms with Gasteiger partial charge in [0.1, 0.15) is 26.2 Å². The quantitative estimate of drug-likeness (QED) is 0.657. The topological polar surface area (TPSA) is 27.3 Å². The molecule has 110 valence electrons. The van der Waals surface area contributed by atoms with Gasteiger partial charge in [0.15, 0.2) is 0 Å². The number of morpholine rings is 2. The van der Waals surface area contributed by atoms with E-state index in [1.807, 2.05) is 0 Å². The summed E-state index contributed by atoms with van der Waals surface area (Å²) in [4.78, 5) is 3.33. The van der Waals surface area contributed by atoms with E-state index >= 15 is 0 Å². The molecule has 2 N–H and O–H groups in total. The van der Waals surface area contributed by atoms with Gasteiger partial charge in [-0.2, -0.15) is 0 Å². The van der Waals surface area contributed by atoms with Crippen LogP contribution in [0.4, 0.5) is 0 Å². The maximum Gasteiger partial charge on any atom is 0.241 e. The molecule has 0 unspecified atom stereocenters. The van der Waals surface area contributed by atoms with Crippen molar-refractivity contribution in [1.29, 1.82) is 0 Å². The lowest BCUT2D eigenvalue weighted by Crippen LogP contribution is -3.33. The van der Waals surface area contributed by atoms with Gasteiger partial charge in [-0.15, -0.1) is 0 Å². The van der Waals surface area contributed by atoms with Crippen molar-refractivity contribution < 1.29 is 19.3 Å². The van der Waals surface area contributed by atoms with E-state index in [0.29, 0.717) is 6.17 Å². The molecule has 2 heterocycles. The van der Waals surface area contributed by atoms with Gasteiger partial charge in [-0.1, -0.05) is 12.1 Å². The van der Waals surface area contributed by atoms with Crippen LogP contribution in [0.25, 0.3) is 0 Å². The van der Waals surface area contributed by atoms with Crippen LogP contribution in [0.1, 0.15) is 11.7 Å². The molecule has 0 atom stereocenters. The average molecular weight is 390 g/mol. The summed E-state index contributed by atoms with van der Waals surface area (Å²) in [6.45, 7) is 8.00. The standard InChI is InChI=1S/C15H21IN2O2/c16-14-4-2-1-3-13(14)15(17-5-9-19-10-6-17)18-7-11-20-12-8-18/h1-4,15H,5-12H2/p+2. The first kappa shape index (κ1) is 14.7. The molecule has 2 saturated heterocycles. The van der Waals surface area contributed by atoms with Gasteiger partial charge in [-0.25, -0.2) is 0 Å². The van der Waals surface area contributed by atoms with Crippen LogP contribution in [0.15, 0.2) is 24.3 Å². The second-order valence-electron chi connectivity index (χ2n) is 5.50. The molecule has 2 aliphatic rings. The molecule has 0 amide bonds. The molecule has 0 bridgehead atoms. The maximum atomic E-state index is 5.55. The maximum absolute atomic E-state index is 5.55. The van der Waals surface area contributed by atoms with Crippen LogP contribution in [0.3, 0.4) is 0 Å². The van der Waals surface area contributed by atoms with E-state index in [2.05, 4.69) is 46.9 Å². The predicted octanol–water partition coefficient (Wildman–Crippen LogP) is -0.880. The molecule has 0 aliphatic carbocycles. The lowest BCUT2D eigenvalue weighted by molar-refractivity contribution is -1.14. The highest BCUT2D eigenvalue weighted by atomic mass is 127. The minimum Gasteiger partial charge on any atom is -0.370 e. The summed E-state index contributed by atoms with van der Waals surface area (Å²) >= 11 is 2.48. The first-order valence-electron chi connectivity index (χ1n) is 7.45. The highest BCUT2D eigenvalue weighted by Gasteiger charge is 2.37. The Morgan fingerprint density at radius 1 is 0.850 bits per heavy atom. The summed E-state index contributed by atoms with van der Waals surface area (Å²) in [6.07, 6.45) is 0.524. The van der Waals surface area contributed by atoms with E-state index in [-0.39, 0.29) is 0 Å². The molecule has 0 spiro atoms. The van der Waals surface area contributed by atoms with E-state index in [1.165, 1.54) is 9.13 Å². The molecule has 5 heteroatoms. The third-order valence-electron chi connectivity index (χ3n) is 4.30. The Morgan fingerprint density at radius 2 is 1.35 bits per heavy atom. The summed E-state index contributed by atoms with van der Waals surface area (Å²) in [6, 6.07) is 8.83. The minimum absolute atomic E-state index is 0.524. The van der Waals surface area contributed by atoms with Gasteiger partial charge in [0.2, 0.25) is 6.17 Å². The minimum atomic E-state index is 0.524. The normalized spacial score (nSPS) is 22.3. The third-order valence-corrected chi connectivity index (χ3v) is 5.29. The van der Waals surface area contributed by atoms with Crippen molar-refractivity contribution in [1.82, 2.24) is 0 Å². The number of benzene rings is 1. The zero-order valence-electron chi connectivity index (χ0n) is 11.7. The Morgan fingerprint density at radius 3 is 1.85 bits per heavy atom. The van der Waals surface area contributed by atoms with Crippen LogP contribution >= 0.6 is 22.6 Å². The molecule has 20 heavy (non-hydrogen) atoms. The van der Waals surface area contributed by atoms with E-state index in [0.717, 1.165) is 52.6 Å². The van der Waals surface area contributed by atoms with E-state index in [1.54, 1.807) is 9.80 Å². The van der Waals surface area contributed by atoms with Crippen LogP contribution in [0.2, 0.25) is 0 Å². The Kier molecular flexibility index (Phi) is 5.28. The van der Waals surface area contributed by atoms with Crippen LogP contribution in [0.5, 0.6) is 0 Å². The highest BCUT2D eigenvalue weighted by Crippen LogP contribution is 2.15. The molecule has 0 aromatic heterocycles. The monoisotopic (exact) mass is 390 g/mol. The van der Waals surface area contributed by atoms with Gasteiger partial charge >= 0.3 is 0 Å². The summed E-state index contributed by atoms with van der Waals surface area (Å²) in [7, 11) is 0. The fourth-order valence-electron chi connectivity index (χ4n) is 3.28. The molecule has 1 aromatic carbocycles. The summed E-state index contributed by atoms with van der Waals surface area (Å²) < 4.78 is 12.5. The number of hydrogen-bond donors (Lipinski definition) is 2. The number of quaternary nitrogens is 2. The summed E-state index contributed by atoms with van der Waals surface area (Å²) in [5.74, 6) is 0. The van der Waals surface area contributed by atoms with Gasteiger partial charge in [-0.05, 0) is 34.7 Å². The van der Waals surface area contributed by atoms with E-state index in [4.69, 9.17) is 9.47 Å². The fraction of sp³-hybridized carbons (Fsp3) is 0.600. The van der Waals surface area contributed by atoms with Crippen LogP contribution in [0, 0.1) is 3.57 Å². The van der Waals surface area contributed by atoms with Crippen molar-refractivity contribution in [2.45, 2.75) is 6.17 Å². The number of rotatable bonds is 3. The number of nitrogens with one attached hydrogen (secondary N) is 2. The number of halogens is 1. The van der Waals surface area contributed by atoms with Crippen LogP contribution < -0.4 is 9.80 Å². The van der Waals surface area contributed by atoms with E-state index in [9.17, 15) is 0 Å². The third kappa shape index (κ3) is 3.33. The Labute approximate surface area is 134 Å². The molecule has 3 rings (SSSR count). The Balaban J connectivity index is 1.87. The summed E-state index contributed by atoms with van der Waals surface area (Å²) in [5, 5.41) is 0. The van der Waals surface area contributed by atoms with Crippen molar-refractivity contribution in [2.75, 3.05) is 52.6 Å². The van der Waals surface area contributed by atoms with Gasteiger partial charge in [0.05, 0.1) is 32.0 Å². The first-order valence-corrected chi connectivity index (χ1v) is 8.53. The molecular weight excluding hydrogens is 367 g/mol. The van der Waals surface area contributed by atoms with Gasteiger partial charge in [-0.3, -0.25) is 9.80 Å². The average Bonchev–Trinajstić information content (AvgIpc) is 2.52. The molecule has 1 aromatic rings. The fourth-order valence-corrected chi connectivity index (χ4v) is 3.98. The lowest BCUT2D eigenvalue weighted by atomic mass is 10.1. The molecule has 0 radical (unpaired) electrons. The van der Waals surface area contributed by atoms with Crippen molar-refractivity contribution in [2.24, 2.45) is 0 Å². The van der Waals surface area contributed by atoms with Crippen molar-refractivity contribution >= 4 is 22.6 Å². The van der Waals surface area contributed by atoms with Crippen LogP contribution in [-0.4, -0.2) is 52.6 Å². The summed E-state index contributed by atoms with van der Waals surface area (Å²) in [5.41, 5.74) is 1.49. The second-order valence-corrected chi connectivity index (χ2v) is 6.66.